The number of fused-ring (bicyclic) bond motifs is 5. The number of aromatic nitrogens is 2. The van der Waals surface area contributed by atoms with Crippen LogP contribution in [0.5, 0.6) is 11.5 Å². The molecule has 4 amide bonds. The van der Waals surface area contributed by atoms with E-state index in [2.05, 4.69) is 31.9 Å². The Balaban J connectivity index is 1.18. The summed E-state index contributed by atoms with van der Waals surface area (Å²) < 4.78 is 92.1. The molecule has 0 unspecified atom stereocenters. The third kappa shape index (κ3) is 6.41. The molecule has 0 spiro atoms. The molecule has 328 valence electrons. The number of halogens is 9. The summed E-state index contributed by atoms with van der Waals surface area (Å²) in [5, 5.41) is 17.1. The third-order valence-corrected chi connectivity index (χ3v) is 16.7. The second-order valence-corrected chi connectivity index (χ2v) is 19.4. The van der Waals surface area contributed by atoms with Gasteiger partial charge < -0.3 is 9.84 Å². The summed E-state index contributed by atoms with van der Waals surface area (Å²) in [5.74, 6) is -9.25. The van der Waals surface area contributed by atoms with E-state index in [1.165, 1.54) is 29.2 Å². The predicted octanol–water partition coefficient (Wildman–Crippen LogP) is 11.0. The number of nitrogens with zero attached hydrogens (tertiary/aromatic N) is 4. The van der Waals surface area contributed by atoms with Crippen LogP contribution in [0.25, 0.3) is 20.7 Å². The molecule has 4 heterocycles. The van der Waals surface area contributed by atoms with Crippen molar-refractivity contribution in [1.29, 1.82) is 0 Å². The molecule has 0 bridgehead atoms. The average molecular weight is 1040 g/mol. The number of phenolic OH excluding ortho intramolecular Hbond substituents is 1. The van der Waals surface area contributed by atoms with E-state index in [0.717, 1.165) is 25.4 Å². The Kier molecular flexibility index (Phi) is 10.1. The van der Waals surface area contributed by atoms with E-state index >= 15 is 9.59 Å². The fraction of sp³-hybridized carbons (Fsp3) is 0.326. The molecule has 63 heavy (non-hydrogen) atoms. The van der Waals surface area contributed by atoms with Gasteiger partial charge in [-0.25, -0.2) is 9.80 Å². The molecule has 2 aliphatic heterocycles. The molecule has 0 radical (unpaired) electrons. The predicted molar refractivity (Wildman–Crippen MR) is 227 cm³/mol. The lowest BCUT2D eigenvalue weighted by Gasteiger charge is -2.49. The second-order valence-electron chi connectivity index (χ2n) is 16.3. The van der Waals surface area contributed by atoms with E-state index in [-0.39, 0.29) is 45.2 Å². The fourth-order valence-corrected chi connectivity index (χ4v) is 12.4. The second kappa shape index (κ2) is 14.7. The molecular weight excluding hydrogens is 1010 g/mol. The molecule has 2 aliphatic carbocycles. The Bertz CT molecular complexity index is 2880. The van der Waals surface area contributed by atoms with E-state index in [0.29, 0.717) is 38.9 Å². The van der Waals surface area contributed by atoms with Crippen LogP contribution in [-0.2, 0) is 38.6 Å². The Labute approximate surface area is 379 Å². The Hall–Kier alpha value is -4.72. The number of allylic oxidation sites excluding steroid dienone is 2. The number of imide groups is 2. The van der Waals surface area contributed by atoms with Crippen molar-refractivity contribution in [3.63, 3.8) is 0 Å². The van der Waals surface area contributed by atoms with Gasteiger partial charge in [0.1, 0.15) is 11.5 Å². The summed E-state index contributed by atoms with van der Waals surface area (Å²) in [6.45, 7) is 3.53. The van der Waals surface area contributed by atoms with Gasteiger partial charge in [0.15, 0.2) is 11.5 Å². The number of anilines is 2. The number of alkyl halides is 6. The summed E-state index contributed by atoms with van der Waals surface area (Å²) in [6, 6.07) is 9.19. The van der Waals surface area contributed by atoms with Gasteiger partial charge in [-0.15, -0.1) is 11.3 Å². The maximum absolute atomic E-state index is 15.3. The SMILES string of the molecule is COc1cc([C@H]2C3=CC[C@@H]4C(=O)N(c5cc(C(F)(F)F)cc(C(F)(F)F)c5)C(=O)[C@@H]4[C@@H]3C[C@H]3C(=O)N(c4cc(-c5sc6ccc(Cl)cc6c5C)nn4C)C(=O)[C@@]23C)c(Br)c(Br)c1O. The van der Waals surface area contributed by atoms with E-state index in [1.807, 2.05) is 19.1 Å². The van der Waals surface area contributed by atoms with Gasteiger partial charge in [0.25, 0.3) is 0 Å². The summed E-state index contributed by atoms with van der Waals surface area (Å²) >= 11 is 14.7. The maximum Gasteiger partial charge on any atom is 0.416 e. The lowest BCUT2D eigenvalue weighted by atomic mass is 9.51. The molecule has 1 N–H and O–H groups in total. The van der Waals surface area contributed by atoms with Gasteiger partial charge in [-0.2, -0.15) is 31.4 Å². The van der Waals surface area contributed by atoms with Crippen molar-refractivity contribution in [2.45, 2.75) is 45.0 Å². The molecule has 4 aliphatic rings. The molecule has 2 aromatic heterocycles. The van der Waals surface area contributed by atoms with Crippen LogP contribution >= 0.6 is 54.8 Å². The first-order valence-electron chi connectivity index (χ1n) is 19.2. The zero-order valence-corrected chi connectivity index (χ0v) is 37.8. The summed E-state index contributed by atoms with van der Waals surface area (Å²) in [4.78, 5) is 61.3. The van der Waals surface area contributed by atoms with Crippen LogP contribution in [0.2, 0.25) is 5.02 Å². The molecule has 3 fully saturated rings. The average Bonchev–Trinajstić information content (AvgIpc) is 3.89. The van der Waals surface area contributed by atoms with Gasteiger partial charge in [0, 0.05) is 33.2 Å². The third-order valence-electron chi connectivity index (χ3n) is 13.0. The standard InChI is InChI=1S/C43H31Br2ClF6N4O6S/c1-16-23-12-19(46)5-8-29(23)63-36(16)27-15-30(54(3)53-27)56-38(59)26-13-24-21(32(41(26,2)40(56)61)25-14-28(62-4)35(57)34(45)33(25)44)6-7-22-31(24)39(60)55(37(22)58)20-10-17(42(47,48)49)9-18(11-20)43(50,51)52/h5-6,8-12,14-15,22,24,26,31-32,57H,7,13H2,1-4H3/t22-,24+,26-,31-,32+,41+/m0/s1. The molecule has 9 rings (SSSR count). The van der Waals surface area contributed by atoms with Crippen LogP contribution in [0, 0.1) is 36.0 Å². The van der Waals surface area contributed by atoms with E-state index in [4.69, 9.17) is 21.4 Å². The van der Waals surface area contributed by atoms with Crippen molar-refractivity contribution >= 4 is 100 Å². The maximum atomic E-state index is 15.3. The van der Waals surface area contributed by atoms with Crippen molar-refractivity contribution in [3.8, 4) is 22.1 Å². The number of carbonyl (C=O) groups is 4. The highest BCUT2D eigenvalue weighted by Crippen LogP contribution is 2.65. The zero-order chi connectivity index (χ0) is 45.6. The first-order valence-corrected chi connectivity index (χ1v) is 22.0. The van der Waals surface area contributed by atoms with Crippen molar-refractivity contribution in [2.75, 3.05) is 16.9 Å². The zero-order valence-electron chi connectivity index (χ0n) is 33.1. The normalized spacial score (nSPS) is 24.9. The van der Waals surface area contributed by atoms with E-state index < -0.39 is 87.8 Å². The highest BCUT2D eigenvalue weighted by molar-refractivity contribution is 9.13. The van der Waals surface area contributed by atoms with Gasteiger partial charge in [-0.3, -0.25) is 23.9 Å². The highest BCUT2D eigenvalue weighted by Gasteiger charge is 2.68. The lowest BCUT2D eigenvalue weighted by Crippen LogP contribution is -2.49. The minimum atomic E-state index is -5.25. The number of rotatable bonds is 5. The molecule has 2 saturated heterocycles. The molecule has 10 nitrogen and oxygen atoms in total. The van der Waals surface area contributed by atoms with Crippen LogP contribution in [0.3, 0.4) is 0 Å². The minimum absolute atomic E-state index is 0.00941. The number of aryl methyl sites for hydroxylation is 2. The monoisotopic (exact) mass is 1040 g/mol. The minimum Gasteiger partial charge on any atom is -0.503 e. The van der Waals surface area contributed by atoms with Crippen LogP contribution in [0.1, 0.15) is 47.9 Å². The summed E-state index contributed by atoms with van der Waals surface area (Å²) in [7, 11) is 2.90. The quantitative estimate of drug-likeness (QED) is 0.106. The van der Waals surface area contributed by atoms with Crippen LogP contribution in [-0.4, -0.2) is 45.6 Å². The largest absolute Gasteiger partial charge is 0.503 e. The summed E-state index contributed by atoms with van der Waals surface area (Å²) in [6.07, 6.45) is -9.18. The first-order chi connectivity index (χ1) is 29.5. The molecular formula is C43H31Br2ClF6N4O6S. The van der Waals surface area contributed by atoms with Crippen molar-refractivity contribution < 1.29 is 55.4 Å². The first kappa shape index (κ1) is 43.5. The van der Waals surface area contributed by atoms with E-state index in [9.17, 15) is 41.0 Å². The number of hydrogen-bond donors (Lipinski definition) is 1. The van der Waals surface area contributed by atoms with Crippen LogP contribution < -0.4 is 14.5 Å². The van der Waals surface area contributed by atoms with Crippen molar-refractivity contribution in [1.82, 2.24) is 9.78 Å². The number of thiophene rings is 1. The topological polar surface area (TPSA) is 122 Å². The number of benzene rings is 3. The number of amides is 4. The Morgan fingerprint density at radius 2 is 1.57 bits per heavy atom. The number of ether oxygens (including phenoxy) is 1. The lowest BCUT2D eigenvalue weighted by molar-refractivity contribution is -0.143. The molecule has 5 aromatic rings. The molecule has 20 heteroatoms. The summed E-state index contributed by atoms with van der Waals surface area (Å²) in [5.41, 5.74) is -3.74. The molecule has 6 atom stereocenters. The van der Waals surface area contributed by atoms with Crippen molar-refractivity contribution in [3.05, 3.63) is 96.4 Å². The van der Waals surface area contributed by atoms with Crippen molar-refractivity contribution in [2.24, 2.45) is 36.1 Å². The number of aromatic hydroxyl groups is 1. The van der Waals surface area contributed by atoms with Crippen LogP contribution in [0.4, 0.5) is 37.8 Å². The fourth-order valence-electron chi connectivity index (χ4n) is 10.1. The highest BCUT2D eigenvalue weighted by atomic mass is 79.9. The van der Waals surface area contributed by atoms with E-state index in [1.54, 1.807) is 32.2 Å². The van der Waals surface area contributed by atoms with Gasteiger partial charge in [0.2, 0.25) is 23.6 Å². The number of phenols is 1. The Morgan fingerprint density at radius 1 is 0.905 bits per heavy atom. The van der Waals surface area contributed by atoms with Gasteiger partial charge in [-0.1, -0.05) is 23.3 Å². The number of hydrogen-bond acceptors (Lipinski definition) is 8. The smallest absolute Gasteiger partial charge is 0.416 e. The number of carbonyl (C=O) groups excluding carboxylic acids is 4. The van der Waals surface area contributed by atoms with Gasteiger partial charge >= 0.3 is 12.4 Å². The molecule has 1 saturated carbocycles. The Morgan fingerprint density at radius 3 is 2.21 bits per heavy atom. The van der Waals surface area contributed by atoms with Crippen LogP contribution in [0.15, 0.2) is 69.1 Å². The molecule has 3 aromatic carbocycles. The number of methoxy groups -OCH3 is 1. The van der Waals surface area contributed by atoms with Gasteiger partial charge in [0.05, 0.1) is 56.4 Å². The van der Waals surface area contributed by atoms with Gasteiger partial charge in [-0.05, 0) is 123 Å².